The molecule has 0 saturated heterocycles. The van der Waals surface area contributed by atoms with E-state index in [0.29, 0.717) is 19.1 Å². The molecule has 0 atom stereocenters. The molecule has 2 heterocycles. The predicted molar refractivity (Wildman–Crippen MR) is 76.0 cm³/mol. The van der Waals surface area contributed by atoms with Gasteiger partial charge in [0.25, 0.3) is 0 Å². The van der Waals surface area contributed by atoms with Crippen LogP contribution in [0.2, 0.25) is 0 Å². The van der Waals surface area contributed by atoms with Crippen molar-refractivity contribution in [2.75, 3.05) is 12.3 Å². The van der Waals surface area contributed by atoms with Gasteiger partial charge in [-0.15, -0.1) is 0 Å². The number of aromatic nitrogens is 4. The van der Waals surface area contributed by atoms with Crippen molar-refractivity contribution in [2.24, 2.45) is 0 Å². The Morgan fingerprint density at radius 2 is 2.00 bits per heavy atom. The van der Waals surface area contributed by atoms with Crippen molar-refractivity contribution in [3.8, 4) is 0 Å². The molecule has 0 saturated carbocycles. The summed E-state index contributed by atoms with van der Waals surface area (Å²) in [5.41, 5.74) is 8.54. The van der Waals surface area contributed by atoms with E-state index in [-0.39, 0.29) is 5.60 Å². The normalized spacial score (nSPS) is 12.5. The fraction of sp³-hybridized carbons (Fsp3) is 0.692. The van der Waals surface area contributed by atoms with Gasteiger partial charge in [0.1, 0.15) is 5.52 Å². The van der Waals surface area contributed by atoms with E-state index in [2.05, 4.69) is 30.9 Å². The van der Waals surface area contributed by atoms with E-state index in [1.165, 1.54) is 0 Å². The molecule has 0 aliphatic carbocycles. The first kappa shape index (κ1) is 13.9. The van der Waals surface area contributed by atoms with E-state index < -0.39 is 0 Å². The molecule has 2 aromatic rings. The topological polar surface area (TPSA) is 70.9 Å². The molecule has 2 aromatic heterocycles. The Kier molecular flexibility index (Phi) is 3.54. The summed E-state index contributed by atoms with van der Waals surface area (Å²) in [7, 11) is 0. The minimum atomic E-state index is -0.284. The lowest BCUT2D eigenvalue weighted by molar-refractivity contribution is -0.0214. The third-order valence-electron chi connectivity index (χ3n) is 3.20. The number of rotatable bonds is 5. The summed E-state index contributed by atoms with van der Waals surface area (Å²) in [4.78, 5) is 4.43. The zero-order valence-corrected chi connectivity index (χ0v) is 12.4. The highest BCUT2D eigenvalue weighted by molar-refractivity contribution is 5.77. The average Bonchev–Trinajstić information content (AvgIpc) is 2.79. The van der Waals surface area contributed by atoms with Gasteiger partial charge in [0, 0.05) is 13.2 Å². The van der Waals surface area contributed by atoms with E-state index >= 15 is 0 Å². The summed E-state index contributed by atoms with van der Waals surface area (Å²) >= 11 is 0. The number of hydrogen-bond donors (Lipinski definition) is 1. The number of aryl methyl sites for hydroxylation is 2. The number of fused-ring (bicyclic) bond motifs is 1. The van der Waals surface area contributed by atoms with Gasteiger partial charge in [-0.05, 0) is 34.6 Å². The molecule has 0 bridgehead atoms. The molecule has 0 spiro atoms. The highest BCUT2D eigenvalue weighted by atomic mass is 16.5. The maximum atomic E-state index is 6.05. The molecule has 2 N–H and O–H groups in total. The second-order valence-electron chi connectivity index (χ2n) is 5.32. The molecule has 2 rings (SSSR count). The first-order valence-electron chi connectivity index (χ1n) is 6.72. The predicted octanol–water partition coefficient (Wildman–Crippen LogP) is 1.96. The van der Waals surface area contributed by atoms with Gasteiger partial charge in [-0.2, -0.15) is 5.10 Å². The standard InChI is InChI=1S/C13H23N5O/c1-6-18-11-10(9(3)16-18)15-12(14)17(11)8-13(4,5)19-7-2/h6-8H2,1-5H3,(H2,14,15). The van der Waals surface area contributed by atoms with Gasteiger partial charge < -0.3 is 10.5 Å². The van der Waals surface area contributed by atoms with Gasteiger partial charge in [0.05, 0.1) is 17.8 Å². The smallest absolute Gasteiger partial charge is 0.202 e. The van der Waals surface area contributed by atoms with Crippen LogP contribution >= 0.6 is 0 Å². The van der Waals surface area contributed by atoms with Gasteiger partial charge in [-0.1, -0.05) is 0 Å². The van der Waals surface area contributed by atoms with Crippen LogP contribution in [0.1, 0.15) is 33.4 Å². The number of imidazole rings is 1. The number of nitrogen functional groups attached to an aromatic ring is 1. The summed E-state index contributed by atoms with van der Waals surface area (Å²) in [6.07, 6.45) is 0. The van der Waals surface area contributed by atoms with Gasteiger partial charge in [0.2, 0.25) is 5.95 Å². The molecule has 0 amide bonds. The number of nitrogens with two attached hydrogens (primary N) is 1. The number of nitrogens with zero attached hydrogens (tertiary/aromatic N) is 4. The zero-order valence-electron chi connectivity index (χ0n) is 12.4. The van der Waals surface area contributed by atoms with Crippen molar-refractivity contribution in [3.05, 3.63) is 5.69 Å². The minimum Gasteiger partial charge on any atom is -0.374 e. The van der Waals surface area contributed by atoms with Crippen molar-refractivity contribution < 1.29 is 4.74 Å². The highest BCUT2D eigenvalue weighted by Crippen LogP contribution is 2.24. The maximum absolute atomic E-state index is 6.05. The van der Waals surface area contributed by atoms with Gasteiger partial charge in [-0.3, -0.25) is 4.57 Å². The Hall–Kier alpha value is -1.56. The summed E-state index contributed by atoms with van der Waals surface area (Å²) in [6.45, 7) is 12.3. The van der Waals surface area contributed by atoms with Crippen LogP contribution in [0.3, 0.4) is 0 Å². The largest absolute Gasteiger partial charge is 0.374 e. The Labute approximate surface area is 113 Å². The fourth-order valence-corrected chi connectivity index (χ4v) is 2.43. The molecule has 6 heteroatoms. The molecule has 0 unspecified atom stereocenters. The van der Waals surface area contributed by atoms with Gasteiger partial charge in [0.15, 0.2) is 5.65 Å². The number of ether oxygens (including phenoxy) is 1. The van der Waals surface area contributed by atoms with Crippen molar-refractivity contribution in [1.82, 2.24) is 19.3 Å². The Bertz CT molecular complexity index is 581. The van der Waals surface area contributed by atoms with E-state index in [1.54, 1.807) is 0 Å². The fourth-order valence-electron chi connectivity index (χ4n) is 2.43. The third-order valence-corrected chi connectivity index (χ3v) is 3.20. The lowest BCUT2D eigenvalue weighted by Gasteiger charge is -2.25. The zero-order chi connectivity index (χ0) is 14.2. The van der Waals surface area contributed by atoms with Crippen LogP contribution in [-0.2, 0) is 17.8 Å². The van der Waals surface area contributed by atoms with Crippen LogP contribution in [0, 0.1) is 6.92 Å². The second kappa shape index (κ2) is 4.85. The summed E-state index contributed by atoms with van der Waals surface area (Å²) < 4.78 is 9.69. The van der Waals surface area contributed by atoms with Crippen LogP contribution < -0.4 is 5.73 Å². The van der Waals surface area contributed by atoms with Gasteiger partial charge in [-0.25, -0.2) is 9.67 Å². The Morgan fingerprint density at radius 3 is 2.58 bits per heavy atom. The molecule has 19 heavy (non-hydrogen) atoms. The first-order chi connectivity index (χ1) is 8.89. The van der Waals surface area contributed by atoms with E-state index in [9.17, 15) is 0 Å². The van der Waals surface area contributed by atoms with E-state index in [1.807, 2.05) is 23.1 Å². The molecule has 0 aliphatic rings. The van der Waals surface area contributed by atoms with Crippen molar-refractivity contribution in [1.29, 1.82) is 0 Å². The molecule has 0 aromatic carbocycles. The Balaban J connectivity index is 2.50. The lowest BCUT2D eigenvalue weighted by Crippen LogP contribution is -2.31. The highest BCUT2D eigenvalue weighted by Gasteiger charge is 2.24. The van der Waals surface area contributed by atoms with Crippen molar-refractivity contribution in [2.45, 2.75) is 53.3 Å². The summed E-state index contributed by atoms with van der Waals surface area (Å²) in [5.74, 6) is 0.519. The van der Waals surface area contributed by atoms with E-state index in [0.717, 1.165) is 23.4 Å². The van der Waals surface area contributed by atoms with Crippen LogP contribution in [0.25, 0.3) is 11.2 Å². The minimum absolute atomic E-state index is 0.284. The number of anilines is 1. The maximum Gasteiger partial charge on any atom is 0.202 e. The van der Waals surface area contributed by atoms with Crippen LogP contribution in [0.5, 0.6) is 0 Å². The summed E-state index contributed by atoms with van der Waals surface area (Å²) in [5, 5.41) is 4.48. The van der Waals surface area contributed by atoms with Crippen molar-refractivity contribution >= 4 is 17.1 Å². The molecule has 0 fully saturated rings. The number of hydrogen-bond acceptors (Lipinski definition) is 4. The third kappa shape index (κ3) is 2.45. The van der Waals surface area contributed by atoms with E-state index in [4.69, 9.17) is 10.5 Å². The molecular formula is C13H23N5O. The molecule has 0 aliphatic heterocycles. The lowest BCUT2D eigenvalue weighted by atomic mass is 10.1. The van der Waals surface area contributed by atoms with Gasteiger partial charge >= 0.3 is 0 Å². The summed E-state index contributed by atoms with van der Waals surface area (Å²) in [6, 6.07) is 0. The molecular weight excluding hydrogens is 242 g/mol. The molecule has 6 nitrogen and oxygen atoms in total. The first-order valence-corrected chi connectivity index (χ1v) is 6.72. The van der Waals surface area contributed by atoms with Crippen LogP contribution in [0.4, 0.5) is 5.95 Å². The monoisotopic (exact) mass is 265 g/mol. The molecule has 0 radical (unpaired) electrons. The second-order valence-corrected chi connectivity index (χ2v) is 5.32. The quantitative estimate of drug-likeness (QED) is 0.897. The van der Waals surface area contributed by atoms with Crippen LogP contribution in [0.15, 0.2) is 0 Å². The van der Waals surface area contributed by atoms with Crippen LogP contribution in [-0.4, -0.2) is 31.5 Å². The van der Waals surface area contributed by atoms with Crippen molar-refractivity contribution in [3.63, 3.8) is 0 Å². The Morgan fingerprint density at radius 1 is 1.32 bits per heavy atom. The average molecular weight is 265 g/mol. The SMILES string of the molecule is CCOC(C)(C)Cn1c(N)nc2c(C)nn(CC)c21. The molecule has 106 valence electrons.